The number of aromatic hydroxyl groups is 1. The third kappa shape index (κ3) is 5.84. The quantitative estimate of drug-likeness (QED) is 0.344. The molecule has 0 fully saturated rings. The summed E-state index contributed by atoms with van der Waals surface area (Å²) in [5, 5.41) is 12.8. The molecule has 7 nitrogen and oxygen atoms in total. The Hall–Kier alpha value is -2.31. The molecule has 0 saturated heterocycles. The monoisotopic (exact) mass is 466 g/mol. The van der Waals surface area contributed by atoms with Gasteiger partial charge in [-0.05, 0) is 24.1 Å². The normalized spacial score (nSPS) is 10.9. The third-order valence-electron chi connectivity index (χ3n) is 3.72. The number of rotatable bonds is 4. The predicted molar refractivity (Wildman–Crippen MR) is 109 cm³/mol. The number of phenols is 1. The number of amides is 1. The van der Waals surface area contributed by atoms with E-state index < -0.39 is 30.2 Å². The van der Waals surface area contributed by atoms with Crippen LogP contribution in [-0.4, -0.2) is 44.2 Å². The Balaban J connectivity index is 0.000000202. The number of nitrogens with zero attached hydrogens (tertiary/aromatic N) is 1. The van der Waals surface area contributed by atoms with E-state index in [9.17, 15) is 13.6 Å². The first-order valence-electron chi connectivity index (χ1n) is 8.28. The van der Waals surface area contributed by atoms with Gasteiger partial charge in [0.1, 0.15) is 0 Å². The van der Waals surface area contributed by atoms with Crippen molar-refractivity contribution in [1.29, 1.82) is 0 Å². The van der Waals surface area contributed by atoms with Gasteiger partial charge in [-0.3, -0.25) is 4.98 Å². The molecule has 3 aromatic rings. The Morgan fingerprint density at radius 2 is 1.86 bits per heavy atom. The van der Waals surface area contributed by atoms with Gasteiger partial charge >= 0.3 is 88.1 Å². The first-order valence-corrected chi connectivity index (χ1v) is 12.2. The molecule has 0 aliphatic rings. The smallest absolute Gasteiger partial charge is 0.0704 e. The summed E-state index contributed by atoms with van der Waals surface area (Å²) in [5.74, 6) is -0.326. The molecule has 1 amide bonds. The molecule has 2 aromatic carbocycles. The van der Waals surface area contributed by atoms with Gasteiger partial charge in [-0.1, -0.05) is 18.2 Å². The summed E-state index contributed by atoms with van der Waals surface area (Å²) >= 11 is 0.468. The summed E-state index contributed by atoms with van der Waals surface area (Å²) in [5.41, 5.74) is 2.26. The van der Waals surface area contributed by atoms with Crippen LogP contribution in [0.15, 0.2) is 54.7 Å². The molecular formula is C19H20AsClN2O5. The molecule has 0 radical (unpaired) electrons. The van der Waals surface area contributed by atoms with Crippen LogP contribution in [0.5, 0.6) is 5.75 Å². The summed E-state index contributed by atoms with van der Waals surface area (Å²) in [6.07, 6.45) is 2.74. The van der Waals surface area contributed by atoms with Gasteiger partial charge in [0, 0.05) is 17.5 Å². The van der Waals surface area contributed by atoms with E-state index >= 15 is 0 Å². The second-order valence-corrected chi connectivity index (χ2v) is 9.42. The average Bonchev–Trinajstić information content (AvgIpc) is 2.61. The van der Waals surface area contributed by atoms with Crippen molar-refractivity contribution in [3.63, 3.8) is 0 Å². The maximum atomic E-state index is 11.1. The molecule has 28 heavy (non-hydrogen) atoms. The van der Waals surface area contributed by atoms with Crippen molar-refractivity contribution >= 4 is 52.6 Å². The fourth-order valence-corrected chi connectivity index (χ4v) is 4.52. The molecule has 1 heterocycles. The Kier molecular flexibility index (Phi) is 7.66. The van der Waals surface area contributed by atoms with E-state index in [4.69, 9.17) is 19.8 Å². The molecule has 1 aromatic heterocycles. The maximum Gasteiger partial charge on any atom is 0.0704 e. The minimum Gasteiger partial charge on any atom is -0.256 e. The molecule has 0 bridgehead atoms. The topological polar surface area (TPSA) is 120 Å². The Bertz CT molecular complexity index is 1020. The molecular weight excluding hydrogens is 447 g/mol. The number of nitrogens with one attached hydrogen (secondary N) is 1. The van der Waals surface area contributed by atoms with E-state index in [1.54, 1.807) is 0 Å². The van der Waals surface area contributed by atoms with Crippen LogP contribution in [0.1, 0.15) is 12.5 Å². The number of benzene rings is 2. The van der Waals surface area contributed by atoms with Crippen LogP contribution in [-0.2, 0) is 15.0 Å². The summed E-state index contributed by atoms with van der Waals surface area (Å²) in [7, 11) is 0. The van der Waals surface area contributed by atoms with Crippen LogP contribution in [0, 0.1) is 0 Å². The fourth-order valence-electron chi connectivity index (χ4n) is 2.60. The summed E-state index contributed by atoms with van der Waals surface area (Å²) in [6.45, 7) is 1.21. The molecule has 4 N–H and O–H groups in total. The number of aromatic nitrogens is 1. The molecule has 0 saturated carbocycles. The van der Waals surface area contributed by atoms with Crippen molar-refractivity contribution in [2.24, 2.45) is 0 Å². The minimum atomic E-state index is -5.25. The molecule has 9 heteroatoms. The third-order valence-corrected chi connectivity index (χ3v) is 6.12. The summed E-state index contributed by atoms with van der Waals surface area (Å²) in [4.78, 5) is 15.0. The van der Waals surface area contributed by atoms with Gasteiger partial charge in [0.2, 0.25) is 0 Å². The van der Waals surface area contributed by atoms with E-state index in [2.05, 4.69) is 16.4 Å². The van der Waals surface area contributed by atoms with E-state index in [0.29, 0.717) is 5.88 Å². The van der Waals surface area contributed by atoms with Crippen LogP contribution in [0.4, 0.5) is 5.69 Å². The number of alkyl halides is 1. The molecule has 3 rings (SSSR count). The van der Waals surface area contributed by atoms with Crippen molar-refractivity contribution in [2.75, 3.05) is 11.2 Å². The van der Waals surface area contributed by atoms with E-state index in [0.717, 1.165) is 18.0 Å². The van der Waals surface area contributed by atoms with Crippen molar-refractivity contribution < 1.29 is 21.8 Å². The van der Waals surface area contributed by atoms with Crippen LogP contribution >= 0.6 is 11.6 Å². The van der Waals surface area contributed by atoms with Gasteiger partial charge in [0.25, 0.3) is 0 Å². The SMILES string of the molecule is CC(=O)Nc1cccc(O)c1[As](=O)(O)O.ClCCc1ccnc2ccccc12. The first-order chi connectivity index (χ1) is 13.2. The van der Waals surface area contributed by atoms with Gasteiger partial charge in [-0.25, -0.2) is 0 Å². The van der Waals surface area contributed by atoms with Gasteiger partial charge in [0.05, 0.1) is 5.52 Å². The molecule has 0 aliphatic carbocycles. The fraction of sp³-hybridized carbons (Fsp3) is 0.158. The maximum absolute atomic E-state index is 11.1. The number of hydrogen-bond donors (Lipinski definition) is 4. The number of pyridine rings is 1. The molecule has 0 atom stereocenters. The second kappa shape index (κ2) is 9.75. The zero-order valence-corrected chi connectivity index (χ0v) is 17.7. The van der Waals surface area contributed by atoms with E-state index in [-0.39, 0.29) is 5.69 Å². The number of phenolic OH excluding ortho intramolecular Hbond substituents is 1. The zero-order valence-electron chi connectivity index (χ0n) is 15.0. The molecule has 0 aliphatic heterocycles. The van der Waals surface area contributed by atoms with Crippen molar-refractivity contribution in [1.82, 2.24) is 4.98 Å². The van der Waals surface area contributed by atoms with Crippen molar-refractivity contribution in [2.45, 2.75) is 13.3 Å². The van der Waals surface area contributed by atoms with Gasteiger partial charge in [-0.15, -0.1) is 11.6 Å². The number of carbonyl (C=O) groups excluding carboxylic acids is 1. The Labute approximate surface area is 170 Å². The van der Waals surface area contributed by atoms with Crippen LogP contribution < -0.4 is 9.67 Å². The minimum absolute atomic E-state index is 0.0602. The first kappa shape index (κ1) is 22.0. The van der Waals surface area contributed by atoms with Crippen molar-refractivity contribution in [3.8, 4) is 5.75 Å². The largest absolute Gasteiger partial charge is 0.256 e. The number of para-hydroxylation sites is 1. The predicted octanol–water partition coefficient (Wildman–Crippen LogP) is 1.93. The van der Waals surface area contributed by atoms with Gasteiger partial charge in [-0.2, -0.15) is 0 Å². The Morgan fingerprint density at radius 1 is 1.14 bits per heavy atom. The number of aryl methyl sites for hydroxylation is 1. The van der Waals surface area contributed by atoms with Crippen LogP contribution in [0.2, 0.25) is 0 Å². The van der Waals surface area contributed by atoms with Crippen LogP contribution in [0.3, 0.4) is 0 Å². The van der Waals surface area contributed by atoms with Gasteiger partial charge in [0.15, 0.2) is 0 Å². The van der Waals surface area contributed by atoms with E-state index in [1.807, 2.05) is 30.5 Å². The standard InChI is InChI=1S/C11H10ClN.C8H10AsNO5/c12-7-5-9-6-8-13-11-4-2-1-3-10(9)11;1-5(11)10-6-3-2-4-7(12)8(6)9(13,14)15/h1-4,6,8H,5,7H2;2-4,12H,1H3,(H,10,11)(H2,13,14,15). The molecule has 0 unspecified atom stereocenters. The number of hydrogen-bond acceptors (Lipinski definition) is 4. The molecule has 148 valence electrons. The Morgan fingerprint density at radius 3 is 2.50 bits per heavy atom. The second-order valence-electron chi connectivity index (χ2n) is 5.82. The number of halogens is 1. The van der Waals surface area contributed by atoms with Crippen molar-refractivity contribution in [3.05, 3.63) is 60.3 Å². The zero-order chi connectivity index (χ0) is 20.7. The number of anilines is 1. The van der Waals surface area contributed by atoms with Crippen LogP contribution in [0.25, 0.3) is 10.9 Å². The van der Waals surface area contributed by atoms with Gasteiger partial charge < -0.3 is 0 Å². The summed E-state index contributed by atoms with van der Waals surface area (Å²) < 4.78 is 28.6. The summed E-state index contributed by atoms with van der Waals surface area (Å²) in [6, 6.07) is 14.0. The number of fused-ring (bicyclic) bond motifs is 1. The van der Waals surface area contributed by atoms with E-state index in [1.165, 1.54) is 30.0 Å². The number of carbonyl (C=O) groups is 1. The average molecular weight is 467 g/mol. The molecule has 0 spiro atoms.